The van der Waals surface area contributed by atoms with Gasteiger partial charge in [0, 0.05) is 13.0 Å². The molecule has 0 aromatic rings. The molecule has 0 aromatic heterocycles. The molecule has 0 aliphatic heterocycles. The molecule has 204 valence electrons. The Labute approximate surface area is 211 Å². The first-order valence-corrected chi connectivity index (χ1v) is 14.7. The first kappa shape index (κ1) is 33.3. The molecule has 0 rings (SSSR count). The minimum absolute atomic E-state index is 0.0152. The van der Waals surface area contributed by atoms with Crippen molar-refractivity contribution in [1.82, 2.24) is 5.32 Å². The third-order valence-electron chi connectivity index (χ3n) is 6.63. The molecule has 0 radical (unpaired) electrons. The highest BCUT2D eigenvalue weighted by Crippen LogP contribution is 2.18. The SMILES string of the molecule is CCCCCCCCC(CCCCCCCCF)OC(=O)CCCCCCCNCC(C)CO. The quantitative estimate of drug-likeness (QED) is 0.0913. The fraction of sp³-hybridized carbons (Fsp3) is 0.966. The summed E-state index contributed by atoms with van der Waals surface area (Å²) in [5, 5.41) is 12.4. The minimum atomic E-state index is -0.196. The van der Waals surface area contributed by atoms with Gasteiger partial charge in [-0.1, -0.05) is 90.9 Å². The van der Waals surface area contributed by atoms with Gasteiger partial charge in [-0.2, -0.15) is 0 Å². The van der Waals surface area contributed by atoms with E-state index in [4.69, 9.17) is 9.84 Å². The molecule has 0 bridgehead atoms. The second kappa shape index (κ2) is 26.9. The molecule has 5 heteroatoms. The van der Waals surface area contributed by atoms with Crippen molar-refractivity contribution in [3.05, 3.63) is 0 Å². The predicted molar refractivity (Wildman–Crippen MR) is 143 cm³/mol. The Bertz CT molecular complexity index is 422. The normalized spacial score (nSPS) is 13.2. The number of hydrogen-bond donors (Lipinski definition) is 2. The second-order valence-electron chi connectivity index (χ2n) is 10.3. The molecule has 34 heavy (non-hydrogen) atoms. The summed E-state index contributed by atoms with van der Waals surface area (Å²) in [5.41, 5.74) is 0. The number of rotatable bonds is 27. The van der Waals surface area contributed by atoms with Crippen LogP contribution in [0.3, 0.4) is 0 Å². The Morgan fingerprint density at radius 2 is 1.32 bits per heavy atom. The molecule has 0 fully saturated rings. The third kappa shape index (κ3) is 24.4. The number of hydrogen-bond acceptors (Lipinski definition) is 4. The summed E-state index contributed by atoms with van der Waals surface area (Å²) in [7, 11) is 0. The van der Waals surface area contributed by atoms with Crippen molar-refractivity contribution in [1.29, 1.82) is 0 Å². The van der Waals surface area contributed by atoms with Gasteiger partial charge in [0.05, 0.1) is 6.67 Å². The largest absolute Gasteiger partial charge is 0.462 e. The number of nitrogens with one attached hydrogen (secondary N) is 1. The summed E-state index contributed by atoms with van der Waals surface area (Å²) in [5.74, 6) is 0.307. The Balaban J connectivity index is 3.95. The number of halogens is 1. The number of alkyl halides is 1. The monoisotopic (exact) mass is 487 g/mol. The number of esters is 1. The number of aliphatic hydroxyl groups excluding tert-OH is 1. The molecule has 0 saturated carbocycles. The molecule has 2 atom stereocenters. The van der Waals surface area contributed by atoms with Crippen LogP contribution in [0.1, 0.15) is 142 Å². The number of unbranched alkanes of at least 4 members (excludes halogenated alkanes) is 14. The molecule has 0 saturated heterocycles. The van der Waals surface area contributed by atoms with Gasteiger partial charge in [-0.3, -0.25) is 9.18 Å². The van der Waals surface area contributed by atoms with E-state index in [1.54, 1.807) is 0 Å². The highest BCUT2D eigenvalue weighted by atomic mass is 19.1. The highest BCUT2D eigenvalue weighted by molar-refractivity contribution is 5.69. The van der Waals surface area contributed by atoms with Crippen LogP contribution in [0.2, 0.25) is 0 Å². The Hall–Kier alpha value is -0.680. The van der Waals surface area contributed by atoms with Crippen molar-refractivity contribution in [3.63, 3.8) is 0 Å². The zero-order valence-corrected chi connectivity index (χ0v) is 22.8. The van der Waals surface area contributed by atoms with E-state index < -0.39 is 0 Å². The third-order valence-corrected chi connectivity index (χ3v) is 6.63. The summed E-state index contributed by atoms with van der Waals surface area (Å²) < 4.78 is 18.1. The predicted octanol–water partition coefficient (Wildman–Crippen LogP) is 7.91. The van der Waals surface area contributed by atoms with E-state index in [-0.39, 0.29) is 25.4 Å². The van der Waals surface area contributed by atoms with Crippen molar-refractivity contribution < 1.29 is 19.0 Å². The number of carbonyl (C=O) groups excluding carboxylic acids is 1. The van der Waals surface area contributed by atoms with Crippen LogP contribution in [0.5, 0.6) is 0 Å². The molecule has 4 nitrogen and oxygen atoms in total. The Morgan fingerprint density at radius 1 is 0.794 bits per heavy atom. The minimum Gasteiger partial charge on any atom is -0.462 e. The van der Waals surface area contributed by atoms with Crippen LogP contribution in [-0.2, 0) is 9.53 Å². The summed E-state index contributed by atoms with van der Waals surface area (Å²) in [6, 6.07) is 0. The second-order valence-corrected chi connectivity index (χ2v) is 10.3. The molecule has 2 unspecified atom stereocenters. The van der Waals surface area contributed by atoms with E-state index in [9.17, 15) is 9.18 Å². The molecule has 0 spiro atoms. The Kier molecular flexibility index (Phi) is 26.4. The fourth-order valence-corrected chi connectivity index (χ4v) is 4.30. The maximum Gasteiger partial charge on any atom is 0.306 e. The van der Waals surface area contributed by atoms with Gasteiger partial charge in [0.25, 0.3) is 0 Å². The van der Waals surface area contributed by atoms with Gasteiger partial charge in [0.15, 0.2) is 0 Å². The maximum atomic E-state index is 12.4. The van der Waals surface area contributed by atoms with E-state index >= 15 is 0 Å². The van der Waals surface area contributed by atoms with E-state index in [2.05, 4.69) is 12.2 Å². The average Bonchev–Trinajstić information content (AvgIpc) is 2.84. The van der Waals surface area contributed by atoms with Gasteiger partial charge in [-0.05, 0) is 64.0 Å². The fourth-order valence-electron chi connectivity index (χ4n) is 4.30. The van der Waals surface area contributed by atoms with Gasteiger partial charge in [-0.25, -0.2) is 0 Å². The lowest BCUT2D eigenvalue weighted by Crippen LogP contribution is -2.24. The highest BCUT2D eigenvalue weighted by Gasteiger charge is 2.14. The van der Waals surface area contributed by atoms with Gasteiger partial charge in [-0.15, -0.1) is 0 Å². The topological polar surface area (TPSA) is 58.6 Å². The number of aliphatic hydroxyl groups is 1. The van der Waals surface area contributed by atoms with Crippen molar-refractivity contribution in [2.45, 2.75) is 148 Å². The average molecular weight is 488 g/mol. The first-order valence-electron chi connectivity index (χ1n) is 14.7. The lowest BCUT2D eigenvalue weighted by atomic mass is 10.0. The molecule has 0 aromatic carbocycles. The van der Waals surface area contributed by atoms with Crippen LogP contribution < -0.4 is 5.32 Å². The molecule has 0 heterocycles. The maximum absolute atomic E-state index is 12.4. The summed E-state index contributed by atoms with van der Waals surface area (Å²) in [6.45, 7) is 6.21. The van der Waals surface area contributed by atoms with Crippen molar-refractivity contribution >= 4 is 5.97 Å². The molecule has 0 aliphatic carbocycles. The smallest absolute Gasteiger partial charge is 0.306 e. The van der Waals surface area contributed by atoms with Gasteiger partial charge >= 0.3 is 5.97 Å². The van der Waals surface area contributed by atoms with Crippen LogP contribution in [0, 0.1) is 5.92 Å². The van der Waals surface area contributed by atoms with Crippen molar-refractivity contribution in [2.24, 2.45) is 5.92 Å². The summed E-state index contributed by atoms with van der Waals surface area (Å²) in [4.78, 5) is 12.4. The molecular weight excluding hydrogens is 429 g/mol. The van der Waals surface area contributed by atoms with Gasteiger partial charge in [0.2, 0.25) is 0 Å². The van der Waals surface area contributed by atoms with Crippen LogP contribution in [0.4, 0.5) is 4.39 Å². The van der Waals surface area contributed by atoms with Gasteiger partial charge < -0.3 is 15.2 Å². The first-order chi connectivity index (χ1) is 16.6. The van der Waals surface area contributed by atoms with Crippen LogP contribution in [0.25, 0.3) is 0 Å². The molecular formula is C29H58FNO3. The zero-order chi connectivity index (χ0) is 25.1. The van der Waals surface area contributed by atoms with E-state index in [0.717, 1.165) is 90.1 Å². The lowest BCUT2D eigenvalue weighted by Gasteiger charge is -2.18. The van der Waals surface area contributed by atoms with E-state index in [1.165, 1.54) is 38.5 Å². The van der Waals surface area contributed by atoms with Crippen LogP contribution in [-0.4, -0.2) is 43.6 Å². The van der Waals surface area contributed by atoms with Gasteiger partial charge in [0.1, 0.15) is 6.10 Å². The molecule has 0 aliphatic rings. The van der Waals surface area contributed by atoms with Crippen molar-refractivity contribution in [2.75, 3.05) is 26.4 Å². The molecule has 2 N–H and O–H groups in total. The number of ether oxygens (including phenoxy) is 1. The summed E-state index contributed by atoms with van der Waals surface area (Å²) in [6.07, 6.45) is 21.9. The Morgan fingerprint density at radius 3 is 1.91 bits per heavy atom. The van der Waals surface area contributed by atoms with E-state index in [1.807, 2.05) is 6.92 Å². The zero-order valence-electron chi connectivity index (χ0n) is 22.8. The summed E-state index contributed by atoms with van der Waals surface area (Å²) >= 11 is 0. The van der Waals surface area contributed by atoms with Crippen molar-refractivity contribution in [3.8, 4) is 0 Å². The standard InChI is InChI=1S/C29H58FNO3/c1-3-4-5-6-10-15-20-28(21-16-11-7-8-13-18-23-30)34-29(33)22-17-12-9-14-19-24-31-25-27(2)26-32/h27-28,31-32H,3-26H2,1-2H3. The number of carbonyl (C=O) groups is 1. The van der Waals surface area contributed by atoms with Crippen LogP contribution >= 0.6 is 0 Å². The molecule has 0 amide bonds. The lowest BCUT2D eigenvalue weighted by molar-refractivity contribution is -0.150. The van der Waals surface area contributed by atoms with E-state index in [0.29, 0.717) is 18.8 Å². The van der Waals surface area contributed by atoms with Crippen LogP contribution in [0.15, 0.2) is 0 Å².